The standard InChI is InChI=1S/C24H23F3N4O2/c1-4-15-6-5-7-18(22(15)25)30-23-17-10-16(20(32-3)11-19(17)28-14-29-23)12-33-21-8-9-31(2)13-24(21,26)27/h1,5-7,10-11,14,21H,8-9,12-13H2,2-3H3,(H,28,29,30). The van der Waals surface area contributed by atoms with Crippen molar-refractivity contribution in [2.75, 3.05) is 32.6 Å². The van der Waals surface area contributed by atoms with E-state index < -0.39 is 17.8 Å². The summed E-state index contributed by atoms with van der Waals surface area (Å²) >= 11 is 0. The number of piperidine rings is 1. The van der Waals surface area contributed by atoms with Crippen molar-refractivity contribution >= 4 is 22.4 Å². The van der Waals surface area contributed by atoms with Gasteiger partial charge in [0.05, 0.1) is 37.0 Å². The highest BCUT2D eigenvalue weighted by molar-refractivity contribution is 5.92. The molecule has 0 aliphatic carbocycles. The Kier molecular flexibility index (Phi) is 6.40. The number of terminal acetylenes is 1. The minimum atomic E-state index is -2.95. The number of methoxy groups -OCH3 is 1. The number of nitrogens with zero attached hydrogens (tertiary/aromatic N) is 3. The first-order chi connectivity index (χ1) is 15.8. The van der Waals surface area contributed by atoms with Gasteiger partial charge < -0.3 is 19.7 Å². The summed E-state index contributed by atoms with van der Waals surface area (Å²) in [6.07, 6.45) is 5.71. The average Bonchev–Trinajstić information content (AvgIpc) is 2.79. The number of benzene rings is 2. The van der Waals surface area contributed by atoms with E-state index in [2.05, 4.69) is 21.2 Å². The molecule has 9 heteroatoms. The first kappa shape index (κ1) is 22.8. The fraction of sp³-hybridized carbons (Fsp3) is 0.333. The Labute approximate surface area is 189 Å². The Balaban J connectivity index is 1.65. The number of likely N-dealkylation sites (tertiary alicyclic amines) is 1. The Morgan fingerprint density at radius 3 is 2.85 bits per heavy atom. The second kappa shape index (κ2) is 9.25. The number of anilines is 2. The maximum absolute atomic E-state index is 14.6. The molecule has 1 saturated heterocycles. The summed E-state index contributed by atoms with van der Waals surface area (Å²) in [6.45, 7) is 0.0916. The van der Waals surface area contributed by atoms with Crippen molar-refractivity contribution < 1.29 is 22.6 Å². The van der Waals surface area contributed by atoms with Crippen molar-refractivity contribution in [3.8, 4) is 18.1 Å². The van der Waals surface area contributed by atoms with Gasteiger partial charge in [-0.25, -0.2) is 23.1 Å². The molecule has 1 fully saturated rings. The Bertz CT molecular complexity index is 1210. The van der Waals surface area contributed by atoms with Crippen molar-refractivity contribution in [3.63, 3.8) is 0 Å². The molecular weight excluding hydrogens is 433 g/mol. The molecule has 0 radical (unpaired) electrons. The molecule has 1 unspecified atom stereocenters. The topological polar surface area (TPSA) is 59.5 Å². The molecule has 1 aliphatic heterocycles. The van der Waals surface area contributed by atoms with E-state index in [0.29, 0.717) is 34.6 Å². The third kappa shape index (κ3) is 4.72. The molecule has 3 aromatic rings. The van der Waals surface area contributed by atoms with Crippen molar-refractivity contribution in [1.29, 1.82) is 0 Å². The number of ether oxygens (including phenoxy) is 2. The maximum atomic E-state index is 14.6. The number of halogens is 3. The lowest BCUT2D eigenvalue weighted by molar-refractivity contribution is -0.174. The summed E-state index contributed by atoms with van der Waals surface area (Å²) in [6, 6.07) is 8.04. The summed E-state index contributed by atoms with van der Waals surface area (Å²) < 4.78 is 54.5. The van der Waals surface area contributed by atoms with Gasteiger partial charge in [-0.05, 0) is 31.7 Å². The van der Waals surface area contributed by atoms with E-state index in [9.17, 15) is 13.2 Å². The molecule has 0 amide bonds. The van der Waals surface area contributed by atoms with Gasteiger partial charge in [-0.2, -0.15) is 0 Å². The third-order valence-corrected chi connectivity index (χ3v) is 5.61. The van der Waals surface area contributed by atoms with Crippen molar-refractivity contribution in [2.24, 2.45) is 0 Å². The first-order valence-corrected chi connectivity index (χ1v) is 10.3. The summed E-state index contributed by atoms with van der Waals surface area (Å²) in [4.78, 5) is 10.1. The van der Waals surface area contributed by atoms with E-state index >= 15 is 0 Å². The summed E-state index contributed by atoms with van der Waals surface area (Å²) in [5, 5.41) is 3.50. The van der Waals surface area contributed by atoms with Gasteiger partial charge in [-0.15, -0.1) is 6.42 Å². The van der Waals surface area contributed by atoms with Crippen LogP contribution in [-0.4, -0.2) is 54.1 Å². The lowest BCUT2D eigenvalue weighted by Gasteiger charge is -2.36. The third-order valence-electron chi connectivity index (χ3n) is 5.61. The molecule has 1 N–H and O–H groups in total. The summed E-state index contributed by atoms with van der Waals surface area (Å²) in [5.74, 6) is -0.450. The number of aromatic nitrogens is 2. The number of hydrogen-bond donors (Lipinski definition) is 1. The number of fused-ring (bicyclic) bond motifs is 1. The van der Waals surface area contributed by atoms with E-state index in [1.54, 1.807) is 36.2 Å². The predicted octanol–water partition coefficient (Wildman–Crippen LogP) is 4.36. The van der Waals surface area contributed by atoms with Gasteiger partial charge in [0, 0.05) is 23.6 Å². The molecule has 0 bridgehead atoms. The molecule has 1 atom stereocenters. The average molecular weight is 456 g/mol. The zero-order valence-corrected chi connectivity index (χ0v) is 18.2. The van der Waals surface area contributed by atoms with Gasteiger partial charge in [0.25, 0.3) is 5.92 Å². The second-order valence-electron chi connectivity index (χ2n) is 7.93. The van der Waals surface area contributed by atoms with Crippen LogP contribution in [0.15, 0.2) is 36.7 Å². The van der Waals surface area contributed by atoms with Crippen LogP contribution in [0.2, 0.25) is 0 Å². The van der Waals surface area contributed by atoms with Gasteiger partial charge in [-0.1, -0.05) is 12.0 Å². The molecule has 0 saturated carbocycles. The summed E-state index contributed by atoms with van der Waals surface area (Å²) in [5.41, 5.74) is 1.36. The quantitative estimate of drug-likeness (QED) is 0.557. The van der Waals surface area contributed by atoms with E-state index in [1.165, 1.54) is 19.5 Å². The first-order valence-electron chi connectivity index (χ1n) is 10.3. The van der Waals surface area contributed by atoms with Gasteiger partial charge in [0.1, 0.15) is 24.0 Å². The van der Waals surface area contributed by atoms with Crippen LogP contribution in [0.25, 0.3) is 10.9 Å². The van der Waals surface area contributed by atoms with Crippen LogP contribution in [0, 0.1) is 18.2 Å². The molecule has 172 valence electrons. The largest absolute Gasteiger partial charge is 0.496 e. The monoisotopic (exact) mass is 456 g/mol. The van der Waals surface area contributed by atoms with Crippen molar-refractivity contribution in [2.45, 2.75) is 25.1 Å². The van der Waals surface area contributed by atoms with Crippen LogP contribution in [0.1, 0.15) is 17.5 Å². The highest BCUT2D eigenvalue weighted by Crippen LogP contribution is 2.34. The van der Waals surface area contributed by atoms with E-state index in [4.69, 9.17) is 15.9 Å². The van der Waals surface area contributed by atoms with Crippen LogP contribution >= 0.6 is 0 Å². The Morgan fingerprint density at radius 1 is 1.30 bits per heavy atom. The van der Waals surface area contributed by atoms with Gasteiger partial charge in [0.2, 0.25) is 0 Å². The van der Waals surface area contributed by atoms with E-state index in [0.717, 1.165) is 0 Å². The van der Waals surface area contributed by atoms with Crippen molar-refractivity contribution in [1.82, 2.24) is 14.9 Å². The van der Waals surface area contributed by atoms with Crippen molar-refractivity contribution in [3.05, 3.63) is 53.6 Å². The summed E-state index contributed by atoms with van der Waals surface area (Å²) in [7, 11) is 3.14. The molecule has 33 heavy (non-hydrogen) atoms. The highest BCUT2D eigenvalue weighted by Gasteiger charge is 2.44. The molecule has 2 heterocycles. The molecule has 6 nitrogen and oxygen atoms in total. The smallest absolute Gasteiger partial charge is 0.286 e. The number of nitrogens with one attached hydrogen (secondary N) is 1. The highest BCUT2D eigenvalue weighted by atomic mass is 19.3. The van der Waals surface area contributed by atoms with E-state index in [-0.39, 0.29) is 30.8 Å². The maximum Gasteiger partial charge on any atom is 0.286 e. The second-order valence-corrected chi connectivity index (χ2v) is 7.93. The lowest BCUT2D eigenvalue weighted by atomic mass is 10.0. The van der Waals surface area contributed by atoms with Gasteiger partial charge in [-0.3, -0.25) is 0 Å². The normalized spacial score (nSPS) is 18.1. The van der Waals surface area contributed by atoms with Gasteiger partial charge >= 0.3 is 0 Å². The number of alkyl halides is 2. The zero-order valence-electron chi connectivity index (χ0n) is 18.2. The van der Waals surface area contributed by atoms with Crippen LogP contribution in [-0.2, 0) is 11.3 Å². The molecule has 1 aromatic heterocycles. The minimum Gasteiger partial charge on any atom is -0.496 e. The molecule has 0 spiro atoms. The molecule has 2 aromatic carbocycles. The van der Waals surface area contributed by atoms with Crippen LogP contribution in [0.5, 0.6) is 5.75 Å². The van der Waals surface area contributed by atoms with Crippen LogP contribution in [0.3, 0.4) is 0 Å². The van der Waals surface area contributed by atoms with Crippen LogP contribution < -0.4 is 10.1 Å². The Morgan fingerprint density at radius 2 is 2.12 bits per heavy atom. The van der Waals surface area contributed by atoms with Gasteiger partial charge in [0.15, 0.2) is 5.82 Å². The molecule has 1 aliphatic rings. The SMILES string of the molecule is C#Cc1cccc(Nc2ncnc3cc(OC)c(COC4CCN(C)CC4(F)F)cc23)c1F. The number of rotatable bonds is 6. The zero-order chi connectivity index (χ0) is 23.6. The molecule has 4 rings (SSSR count). The fourth-order valence-electron chi connectivity index (χ4n) is 3.88. The minimum absolute atomic E-state index is 0.0850. The fourth-order valence-corrected chi connectivity index (χ4v) is 3.88. The predicted molar refractivity (Wildman–Crippen MR) is 119 cm³/mol. The van der Waals surface area contributed by atoms with Crippen LogP contribution in [0.4, 0.5) is 24.7 Å². The lowest BCUT2D eigenvalue weighted by Crippen LogP contribution is -2.51. The molecular formula is C24H23F3N4O2. The van der Waals surface area contributed by atoms with E-state index in [1.807, 2.05) is 0 Å². The number of hydrogen-bond acceptors (Lipinski definition) is 6. The Hall–Kier alpha value is -3.35.